The molecule has 2 saturated heterocycles. The lowest BCUT2D eigenvalue weighted by atomic mass is 9.82. The zero-order chi connectivity index (χ0) is 28.3. The minimum atomic E-state index is -0.583. The number of nitrogens with zero attached hydrogens (tertiary/aromatic N) is 5. The van der Waals surface area contributed by atoms with E-state index in [-0.39, 0.29) is 11.5 Å². The molecule has 6 nitrogen and oxygen atoms in total. The predicted octanol–water partition coefficient (Wildman–Crippen LogP) is 5.54. The molecular formula is C31H52F2N5O-. The van der Waals surface area contributed by atoms with E-state index < -0.39 is 17.7 Å². The molecule has 1 aromatic carbocycles. The molecule has 222 valence electrons. The van der Waals surface area contributed by atoms with E-state index in [4.69, 9.17) is 0 Å². The first-order valence-electron chi connectivity index (χ1n) is 15.4. The number of hydrazine groups is 1. The minimum Gasteiger partial charge on any atom is -0.771 e. The second kappa shape index (κ2) is 13.2. The van der Waals surface area contributed by atoms with Crippen LogP contribution in [0.5, 0.6) is 0 Å². The van der Waals surface area contributed by atoms with Crippen molar-refractivity contribution >= 4 is 0 Å². The Hall–Kier alpha value is -1.16. The van der Waals surface area contributed by atoms with E-state index >= 15 is 0 Å². The van der Waals surface area contributed by atoms with Crippen molar-refractivity contribution in [3.8, 4) is 0 Å². The molecule has 3 fully saturated rings. The molecule has 0 N–H and O–H groups in total. The summed E-state index contributed by atoms with van der Waals surface area (Å²) in [6, 6.07) is 4.44. The largest absolute Gasteiger partial charge is 0.771 e. The molecule has 0 bridgehead atoms. The van der Waals surface area contributed by atoms with Crippen molar-refractivity contribution in [2.75, 3.05) is 52.4 Å². The molecule has 0 amide bonds. The highest BCUT2D eigenvalue weighted by atomic mass is 19.1. The Bertz CT molecular complexity index is 911. The van der Waals surface area contributed by atoms with Crippen LogP contribution >= 0.6 is 0 Å². The molecule has 0 spiro atoms. The quantitative estimate of drug-likeness (QED) is 0.377. The van der Waals surface area contributed by atoms with Crippen LogP contribution < -0.4 is 0 Å². The summed E-state index contributed by atoms with van der Waals surface area (Å²) >= 11 is 0. The number of hydrogen-bond donors (Lipinski definition) is 0. The van der Waals surface area contributed by atoms with E-state index in [2.05, 4.69) is 56.2 Å². The topological polar surface area (TPSA) is 39.3 Å². The fraction of sp³-hybridized carbons (Fsp3) is 0.806. The number of piperazine rings is 1. The highest BCUT2D eigenvalue weighted by Gasteiger charge is 2.42. The lowest BCUT2D eigenvalue weighted by Crippen LogP contribution is -2.60. The Kier molecular flexibility index (Phi) is 10.4. The molecule has 1 aromatic rings. The Morgan fingerprint density at radius 1 is 1.00 bits per heavy atom. The van der Waals surface area contributed by atoms with E-state index in [1.54, 1.807) is 0 Å². The van der Waals surface area contributed by atoms with Gasteiger partial charge in [0.05, 0.1) is 0 Å². The van der Waals surface area contributed by atoms with Crippen molar-refractivity contribution in [2.45, 2.75) is 103 Å². The molecule has 39 heavy (non-hydrogen) atoms. The van der Waals surface area contributed by atoms with E-state index in [1.165, 1.54) is 44.2 Å². The van der Waals surface area contributed by atoms with E-state index in [1.807, 2.05) is 5.01 Å². The van der Waals surface area contributed by atoms with Gasteiger partial charge in [-0.1, -0.05) is 32.3 Å². The van der Waals surface area contributed by atoms with Gasteiger partial charge in [0.2, 0.25) is 0 Å². The third-order valence-electron chi connectivity index (χ3n) is 9.67. The molecule has 3 atom stereocenters. The summed E-state index contributed by atoms with van der Waals surface area (Å²) in [6.45, 7) is 19.6. The van der Waals surface area contributed by atoms with Gasteiger partial charge in [0.15, 0.2) is 0 Å². The summed E-state index contributed by atoms with van der Waals surface area (Å²) in [5.74, 6) is -0.720. The first kappa shape index (κ1) is 30.8. The Balaban J connectivity index is 1.47. The maximum atomic E-state index is 14.9. The zero-order valence-electron chi connectivity index (χ0n) is 25.2. The van der Waals surface area contributed by atoms with Crippen LogP contribution in [-0.2, 0) is 0 Å². The van der Waals surface area contributed by atoms with Gasteiger partial charge < -0.3 is 10.4 Å². The van der Waals surface area contributed by atoms with Gasteiger partial charge in [-0.25, -0.2) is 8.78 Å². The van der Waals surface area contributed by atoms with Gasteiger partial charge in [-0.15, -0.1) is 0 Å². The van der Waals surface area contributed by atoms with Crippen molar-refractivity contribution in [1.29, 1.82) is 0 Å². The van der Waals surface area contributed by atoms with Crippen molar-refractivity contribution in [3.05, 3.63) is 40.6 Å². The summed E-state index contributed by atoms with van der Waals surface area (Å²) in [5.41, 5.74) is 0.302. The molecule has 4 rings (SSSR count). The van der Waals surface area contributed by atoms with Crippen LogP contribution in [-0.4, -0.2) is 101 Å². The lowest BCUT2D eigenvalue weighted by molar-refractivity contribution is -0.0678. The van der Waals surface area contributed by atoms with Gasteiger partial charge in [0.25, 0.3) is 0 Å². The maximum Gasteiger partial charge on any atom is 0.129 e. The molecule has 3 unspecified atom stereocenters. The van der Waals surface area contributed by atoms with Gasteiger partial charge in [-0.3, -0.25) is 19.7 Å². The number of hydroxylamine groups is 1. The average molecular weight is 549 g/mol. The number of rotatable bonds is 9. The van der Waals surface area contributed by atoms with Crippen LogP contribution in [0.25, 0.3) is 0 Å². The number of likely N-dealkylation sites (tertiary alicyclic amines) is 1. The number of halogens is 2. The highest BCUT2D eigenvalue weighted by molar-refractivity contribution is 5.27. The van der Waals surface area contributed by atoms with Crippen molar-refractivity contribution in [1.82, 2.24) is 24.9 Å². The predicted molar refractivity (Wildman–Crippen MR) is 155 cm³/mol. The average Bonchev–Trinajstić information content (AvgIpc) is 3.35. The molecule has 1 saturated carbocycles. The molecule has 2 heterocycles. The van der Waals surface area contributed by atoms with Gasteiger partial charge in [-0.2, -0.15) is 0 Å². The monoisotopic (exact) mass is 548 g/mol. The molecule has 0 radical (unpaired) electrons. The first-order chi connectivity index (χ1) is 18.5. The van der Waals surface area contributed by atoms with Gasteiger partial charge in [-0.05, 0) is 71.6 Å². The first-order valence-corrected chi connectivity index (χ1v) is 15.4. The van der Waals surface area contributed by atoms with Crippen LogP contribution in [0.4, 0.5) is 8.78 Å². The third-order valence-corrected chi connectivity index (χ3v) is 9.67. The Morgan fingerprint density at radius 3 is 2.23 bits per heavy atom. The van der Waals surface area contributed by atoms with E-state index in [0.29, 0.717) is 43.8 Å². The highest BCUT2D eigenvalue weighted by Crippen LogP contribution is 2.37. The summed E-state index contributed by atoms with van der Waals surface area (Å²) in [4.78, 5) is 7.50. The smallest absolute Gasteiger partial charge is 0.129 e. The SMILES string of the molecule is CCN(CC(C1CCCCC1)N1CCN(N([O-])C2CN(C(C)(C)C)CC2c2ccc(F)cc2F)CC1)C(C)C. The minimum absolute atomic E-state index is 0.141. The van der Waals surface area contributed by atoms with E-state index in [0.717, 1.165) is 43.3 Å². The normalized spacial score (nSPS) is 25.8. The Labute approximate surface area is 235 Å². The van der Waals surface area contributed by atoms with Crippen LogP contribution in [0.15, 0.2) is 18.2 Å². The fourth-order valence-corrected chi connectivity index (χ4v) is 7.14. The summed E-state index contributed by atoms with van der Waals surface area (Å²) in [6.07, 6.45) is 6.63. The van der Waals surface area contributed by atoms with Crippen LogP contribution in [0.2, 0.25) is 0 Å². The van der Waals surface area contributed by atoms with Gasteiger partial charge >= 0.3 is 0 Å². The summed E-state index contributed by atoms with van der Waals surface area (Å²) < 4.78 is 28.6. The van der Waals surface area contributed by atoms with Crippen molar-refractivity contribution in [2.24, 2.45) is 5.92 Å². The van der Waals surface area contributed by atoms with Crippen LogP contribution in [0.1, 0.15) is 85.1 Å². The molecular weight excluding hydrogens is 496 g/mol. The van der Waals surface area contributed by atoms with Crippen LogP contribution in [0.3, 0.4) is 0 Å². The standard InChI is InChI=1S/C31H52F2N5O/c1-7-34(23(2)3)21-29(24-11-9-8-10-12-24)35-15-17-37(18-16-35)38(39)30-22-36(31(4,5)6)20-27(30)26-14-13-25(32)19-28(26)33/h13-14,19,23-24,27,29-30H,7-12,15-18,20-22H2,1-6H3/q-1. The molecule has 1 aliphatic carbocycles. The number of hydrogen-bond acceptors (Lipinski definition) is 6. The zero-order valence-corrected chi connectivity index (χ0v) is 25.2. The van der Waals surface area contributed by atoms with Crippen LogP contribution in [0, 0.1) is 22.8 Å². The summed E-state index contributed by atoms with van der Waals surface area (Å²) in [5, 5.41) is 17.0. The van der Waals surface area contributed by atoms with E-state index in [9.17, 15) is 14.0 Å². The number of likely N-dealkylation sites (N-methyl/N-ethyl adjacent to an activating group) is 1. The second-order valence-electron chi connectivity index (χ2n) is 13.4. The fourth-order valence-electron chi connectivity index (χ4n) is 7.14. The summed E-state index contributed by atoms with van der Waals surface area (Å²) in [7, 11) is 0. The molecule has 8 heteroatoms. The Morgan fingerprint density at radius 2 is 1.67 bits per heavy atom. The van der Waals surface area contributed by atoms with Crippen molar-refractivity contribution < 1.29 is 8.78 Å². The number of benzene rings is 1. The maximum absolute atomic E-state index is 14.9. The third kappa shape index (κ3) is 7.38. The second-order valence-corrected chi connectivity index (χ2v) is 13.4. The van der Waals surface area contributed by atoms with Crippen molar-refractivity contribution in [3.63, 3.8) is 0 Å². The van der Waals surface area contributed by atoms with Gasteiger partial charge in [0, 0.05) is 81.5 Å². The van der Waals surface area contributed by atoms with Gasteiger partial charge in [0.1, 0.15) is 11.6 Å². The lowest BCUT2D eigenvalue weighted by Gasteiger charge is -2.51. The molecule has 0 aromatic heterocycles. The molecule has 2 aliphatic heterocycles. The molecule has 3 aliphatic rings.